The highest BCUT2D eigenvalue weighted by atomic mass is 32.2. The summed E-state index contributed by atoms with van der Waals surface area (Å²) >= 11 is 1.68. The van der Waals surface area contributed by atoms with Gasteiger partial charge in [-0.25, -0.2) is 9.89 Å². The molecule has 0 bridgehead atoms. The Hall–Kier alpha value is -0.750. The largest absolute Gasteiger partial charge is 0.343 e. The van der Waals surface area contributed by atoms with Gasteiger partial charge in [0.15, 0.2) is 5.16 Å². The van der Waals surface area contributed by atoms with Gasteiger partial charge in [0.1, 0.15) is 0 Å². The third-order valence-corrected chi connectivity index (χ3v) is 4.32. The SMILES string of the molecule is CCCn1c(SCCCC2CCCN2)n[nH]c1=O. The van der Waals surface area contributed by atoms with E-state index in [9.17, 15) is 4.79 Å². The van der Waals surface area contributed by atoms with Crippen LogP contribution in [-0.4, -0.2) is 33.1 Å². The first-order valence-electron chi connectivity index (χ1n) is 6.82. The van der Waals surface area contributed by atoms with Crippen molar-refractivity contribution < 1.29 is 0 Å². The highest BCUT2D eigenvalue weighted by molar-refractivity contribution is 7.99. The maximum Gasteiger partial charge on any atom is 0.343 e. The maximum atomic E-state index is 11.5. The Morgan fingerprint density at radius 3 is 3.17 bits per heavy atom. The fourth-order valence-electron chi connectivity index (χ4n) is 2.33. The van der Waals surface area contributed by atoms with Crippen molar-refractivity contribution in [2.45, 2.75) is 56.8 Å². The van der Waals surface area contributed by atoms with Gasteiger partial charge in [0, 0.05) is 18.3 Å². The Morgan fingerprint density at radius 1 is 1.56 bits per heavy atom. The second kappa shape index (κ2) is 6.99. The van der Waals surface area contributed by atoms with Gasteiger partial charge >= 0.3 is 5.69 Å². The van der Waals surface area contributed by atoms with Gasteiger partial charge in [-0.05, 0) is 38.6 Å². The lowest BCUT2D eigenvalue weighted by Gasteiger charge is -2.09. The topological polar surface area (TPSA) is 62.7 Å². The van der Waals surface area contributed by atoms with E-state index < -0.39 is 0 Å². The number of thioether (sulfide) groups is 1. The summed E-state index contributed by atoms with van der Waals surface area (Å²) in [6, 6.07) is 0.711. The first-order valence-corrected chi connectivity index (χ1v) is 7.81. The summed E-state index contributed by atoms with van der Waals surface area (Å²) < 4.78 is 1.73. The first-order chi connectivity index (χ1) is 8.81. The van der Waals surface area contributed by atoms with Crippen LogP contribution in [0.2, 0.25) is 0 Å². The Bertz CT molecular complexity index is 408. The Morgan fingerprint density at radius 2 is 2.44 bits per heavy atom. The molecule has 1 aliphatic heterocycles. The van der Waals surface area contributed by atoms with Crippen molar-refractivity contribution in [3.8, 4) is 0 Å². The van der Waals surface area contributed by atoms with Crippen LogP contribution in [0.1, 0.15) is 39.0 Å². The van der Waals surface area contributed by atoms with Crippen LogP contribution in [0.25, 0.3) is 0 Å². The lowest BCUT2D eigenvalue weighted by atomic mass is 10.1. The second-order valence-electron chi connectivity index (χ2n) is 4.75. The van der Waals surface area contributed by atoms with Crippen LogP contribution < -0.4 is 11.0 Å². The van der Waals surface area contributed by atoms with E-state index in [1.807, 2.05) is 0 Å². The summed E-state index contributed by atoms with van der Waals surface area (Å²) in [6.07, 6.45) is 5.99. The maximum absolute atomic E-state index is 11.5. The van der Waals surface area contributed by atoms with E-state index in [1.54, 1.807) is 16.3 Å². The van der Waals surface area contributed by atoms with Crippen LogP contribution in [-0.2, 0) is 6.54 Å². The average molecular weight is 270 g/mol. The molecule has 0 spiro atoms. The van der Waals surface area contributed by atoms with Gasteiger partial charge in [-0.1, -0.05) is 18.7 Å². The minimum Gasteiger partial charge on any atom is -0.314 e. The summed E-state index contributed by atoms with van der Waals surface area (Å²) in [5.41, 5.74) is -0.0863. The van der Waals surface area contributed by atoms with Crippen LogP contribution >= 0.6 is 11.8 Å². The zero-order chi connectivity index (χ0) is 12.8. The van der Waals surface area contributed by atoms with E-state index in [0.29, 0.717) is 6.04 Å². The van der Waals surface area contributed by atoms with Crippen molar-refractivity contribution in [1.29, 1.82) is 0 Å². The molecule has 2 N–H and O–H groups in total. The number of H-pyrrole nitrogens is 1. The molecule has 1 aromatic heterocycles. The van der Waals surface area contributed by atoms with Gasteiger partial charge in [-0.15, -0.1) is 5.10 Å². The molecule has 18 heavy (non-hydrogen) atoms. The normalized spacial score (nSPS) is 19.5. The number of nitrogens with one attached hydrogen (secondary N) is 2. The molecule has 0 aromatic carbocycles. The monoisotopic (exact) mass is 270 g/mol. The van der Waals surface area contributed by atoms with E-state index in [-0.39, 0.29) is 5.69 Å². The van der Waals surface area contributed by atoms with E-state index in [1.165, 1.54) is 32.2 Å². The lowest BCUT2D eigenvalue weighted by molar-refractivity contribution is 0.553. The Balaban J connectivity index is 1.74. The molecule has 6 heteroatoms. The fraction of sp³-hybridized carbons (Fsp3) is 0.833. The van der Waals surface area contributed by atoms with Crippen LogP contribution in [0, 0.1) is 0 Å². The zero-order valence-corrected chi connectivity index (χ0v) is 11.8. The van der Waals surface area contributed by atoms with Gasteiger partial charge in [0.05, 0.1) is 0 Å². The van der Waals surface area contributed by atoms with Gasteiger partial charge < -0.3 is 5.32 Å². The van der Waals surface area contributed by atoms with Crippen LogP contribution in [0.3, 0.4) is 0 Å². The molecule has 1 atom stereocenters. The highest BCUT2D eigenvalue weighted by Gasteiger charge is 2.13. The molecule has 2 rings (SSSR count). The highest BCUT2D eigenvalue weighted by Crippen LogP contribution is 2.18. The van der Waals surface area contributed by atoms with Gasteiger partial charge in [0.25, 0.3) is 0 Å². The van der Waals surface area contributed by atoms with E-state index in [2.05, 4.69) is 22.4 Å². The molecule has 0 saturated carbocycles. The van der Waals surface area contributed by atoms with E-state index in [4.69, 9.17) is 0 Å². The molecule has 1 unspecified atom stereocenters. The smallest absolute Gasteiger partial charge is 0.314 e. The van der Waals surface area contributed by atoms with Gasteiger partial charge in [-0.3, -0.25) is 4.57 Å². The first kappa shape index (κ1) is 13.7. The molecule has 0 amide bonds. The Labute approximate surface area is 112 Å². The fourth-order valence-corrected chi connectivity index (χ4v) is 3.26. The van der Waals surface area contributed by atoms with Crippen molar-refractivity contribution in [2.75, 3.05) is 12.3 Å². The molecular formula is C12H22N4OS. The van der Waals surface area contributed by atoms with Gasteiger partial charge in [-0.2, -0.15) is 0 Å². The predicted octanol–water partition coefficient (Wildman–Crippen LogP) is 1.61. The third-order valence-electron chi connectivity index (χ3n) is 3.26. The average Bonchev–Trinajstić information content (AvgIpc) is 2.98. The van der Waals surface area contributed by atoms with Crippen molar-refractivity contribution >= 4 is 11.8 Å². The van der Waals surface area contributed by atoms with Crippen molar-refractivity contribution in [3.05, 3.63) is 10.5 Å². The molecular weight excluding hydrogens is 248 g/mol. The molecule has 102 valence electrons. The molecule has 0 aliphatic carbocycles. The Kier molecular flexibility index (Phi) is 5.31. The van der Waals surface area contributed by atoms with Gasteiger partial charge in [0.2, 0.25) is 0 Å². The summed E-state index contributed by atoms with van der Waals surface area (Å²) in [6.45, 7) is 3.99. The second-order valence-corrected chi connectivity index (χ2v) is 5.81. The molecule has 5 nitrogen and oxygen atoms in total. The summed E-state index contributed by atoms with van der Waals surface area (Å²) in [4.78, 5) is 11.5. The number of hydrogen-bond acceptors (Lipinski definition) is 4. The molecule has 1 aliphatic rings. The standard InChI is InChI=1S/C12H22N4OS/c1-2-8-16-11(17)14-15-12(16)18-9-4-6-10-5-3-7-13-10/h10,13H,2-9H2,1H3,(H,14,17). The van der Waals surface area contributed by atoms with Crippen molar-refractivity contribution in [1.82, 2.24) is 20.1 Å². The summed E-state index contributed by atoms with van der Waals surface area (Å²) in [5.74, 6) is 1.03. The molecule has 1 saturated heterocycles. The van der Waals surface area contributed by atoms with Crippen molar-refractivity contribution in [2.24, 2.45) is 0 Å². The third kappa shape index (κ3) is 3.62. The number of aromatic nitrogens is 3. The summed E-state index contributed by atoms with van der Waals surface area (Å²) in [5, 5.41) is 10.9. The lowest BCUT2D eigenvalue weighted by Crippen LogP contribution is -2.21. The number of aromatic amines is 1. The minimum atomic E-state index is -0.0863. The number of nitrogens with zero attached hydrogens (tertiary/aromatic N) is 2. The molecule has 0 radical (unpaired) electrons. The molecule has 1 aromatic rings. The van der Waals surface area contributed by atoms with Crippen LogP contribution in [0.5, 0.6) is 0 Å². The van der Waals surface area contributed by atoms with Crippen LogP contribution in [0.15, 0.2) is 9.95 Å². The van der Waals surface area contributed by atoms with E-state index in [0.717, 1.165) is 23.9 Å². The quantitative estimate of drug-likeness (QED) is 0.583. The number of rotatable bonds is 7. The zero-order valence-electron chi connectivity index (χ0n) is 10.9. The molecule has 2 heterocycles. The minimum absolute atomic E-state index is 0.0863. The van der Waals surface area contributed by atoms with E-state index >= 15 is 0 Å². The molecule has 1 fully saturated rings. The van der Waals surface area contributed by atoms with Crippen molar-refractivity contribution in [3.63, 3.8) is 0 Å². The van der Waals surface area contributed by atoms with Crippen LogP contribution in [0.4, 0.5) is 0 Å². The summed E-state index contributed by atoms with van der Waals surface area (Å²) in [7, 11) is 0. The predicted molar refractivity (Wildman–Crippen MR) is 74.1 cm³/mol. The number of hydrogen-bond donors (Lipinski definition) is 2.